The van der Waals surface area contributed by atoms with Gasteiger partial charge in [-0.1, -0.05) is 18.2 Å². The van der Waals surface area contributed by atoms with Crippen molar-refractivity contribution >= 4 is 9.84 Å². The van der Waals surface area contributed by atoms with Crippen LogP contribution < -0.4 is 5.73 Å². The molecule has 0 aliphatic heterocycles. The minimum atomic E-state index is -4.15. The molecule has 1 aromatic rings. The van der Waals surface area contributed by atoms with E-state index in [4.69, 9.17) is 5.73 Å². The standard InChI is InChI=1S/C11H14FNO3S/c12-10(11(14)6-8(13)7-11)17(15,16)9-4-2-1-3-5-9/h1-5,8,10,14H,6-7,13H2. The number of halogens is 1. The van der Waals surface area contributed by atoms with Crippen molar-refractivity contribution in [1.82, 2.24) is 0 Å². The fraction of sp³-hybridized carbons (Fsp3) is 0.455. The molecular formula is C11H14FNO3S. The summed E-state index contributed by atoms with van der Waals surface area (Å²) in [6.07, 6.45) is -0.0551. The predicted octanol–water partition coefficient (Wildman–Crippen LogP) is 0.608. The lowest BCUT2D eigenvalue weighted by Crippen LogP contribution is -2.59. The van der Waals surface area contributed by atoms with Gasteiger partial charge >= 0.3 is 0 Å². The van der Waals surface area contributed by atoms with Crippen molar-refractivity contribution in [3.8, 4) is 0 Å². The highest BCUT2D eigenvalue weighted by molar-refractivity contribution is 7.92. The fourth-order valence-corrected chi connectivity index (χ4v) is 3.60. The van der Waals surface area contributed by atoms with Gasteiger partial charge in [-0.05, 0) is 25.0 Å². The average Bonchev–Trinajstić information content (AvgIpc) is 2.27. The third kappa shape index (κ3) is 2.08. The zero-order valence-corrected chi connectivity index (χ0v) is 9.90. The van der Waals surface area contributed by atoms with E-state index in [0.29, 0.717) is 0 Å². The molecule has 1 saturated carbocycles. The van der Waals surface area contributed by atoms with E-state index in [2.05, 4.69) is 0 Å². The molecule has 3 N–H and O–H groups in total. The van der Waals surface area contributed by atoms with Crippen LogP contribution in [0.25, 0.3) is 0 Å². The summed E-state index contributed by atoms with van der Waals surface area (Å²) in [7, 11) is -4.15. The number of sulfone groups is 1. The predicted molar refractivity (Wildman–Crippen MR) is 60.7 cm³/mol. The van der Waals surface area contributed by atoms with Crippen LogP contribution in [0.5, 0.6) is 0 Å². The molecule has 1 aliphatic carbocycles. The summed E-state index contributed by atoms with van der Waals surface area (Å²) in [6.45, 7) is 0. The molecule has 0 bridgehead atoms. The summed E-state index contributed by atoms with van der Waals surface area (Å²) in [5.74, 6) is 0. The maximum absolute atomic E-state index is 14.0. The Kier molecular flexibility index (Phi) is 2.97. The first-order valence-corrected chi connectivity index (χ1v) is 6.82. The highest BCUT2D eigenvalue weighted by atomic mass is 32.2. The van der Waals surface area contributed by atoms with Gasteiger partial charge in [0.15, 0.2) is 0 Å². The number of rotatable bonds is 3. The van der Waals surface area contributed by atoms with E-state index in [1.54, 1.807) is 6.07 Å². The minimum Gasteiger partial charge on any atom is -0.386 e. The molecule has 4 nitrogen and oxygen atoms in total. The number of alkyl halides is 1. The Morgan fingerprint density at radius 2 is 1.88 bits per heavy atom. The lowest BCUT2D eigenvalue weighted by atomic mass is 9.77. The Morgan fingerprint density at radius 1 is 1.35 bits per heavy atom. The Labute approximate surface area is 99.2 Å². The number of benzene rings is 1. The van der Waals surface area contributed by atoms with Gasteiger partial charge in [0.1, 0.15) is 5.60 Å². The van der Waals surface area contributed by atoms with E-state index in [1.807, 2.05) is 0 Å². The van der Waals surface area contributed by atoms with Crippen LogP contribution in [0, 0.1) is 0 Å². The number of hydrogen-bond donors (Lipinski definition) is 2. The monoisotopic (exact) mass is 259 g/mol. The van der Waals surface area contributed by atoms with Crippen molar-refractivity contribution in [3.05, 3.63) is 30.3 Å². The van der Waals surface area contributed by atoms with Gasteiger partial charge in [0, 0.05) is 6.04 Å². The first-order chi connectivity index (χ1) is 7.86. The van der Waals surface area contributed by atoms with Crippen molar-refractivity contribution < 1.29 is 17.9 Å². The second-order valence-corrected chi connectivity index (χ2v) is 6.42. The summed E-state index contributed by atoms with van der Waals surface area (Å²) in [4.78, 5) is -0.124. The molecule has 17 heavy (non-hydrogen) atoms. The maximum atomic E-state index is 14.0. The van der Waals surface area contributed by atoms with Crippen LogP contribution in [-0.4, -0.2) is 30.7 Å². The molecule has 94 valence electrons. The first kappa shape index (κ1) is 12.5. The van der Waals surface area contributed by atoms with Crippen molar-refractivity contribution in [2.45, 2.75) is 34.9 Å². The van der Waals surface area contributed by atoms with Gasteiger partial charge in [-0.15, -0.1) is 0 Å². The van der Waals surface area contributed by atoms with Crippen LogP contribution >= 0.6 is 0 Å². The van der Waals surface area contributed by atoms with Crippen LogP contribution in [0.3, 0.4) is 0 Å². The molecule has 0 heterocycles. The summed E-state index contributed by atoms with van der Waals surface area (Å²) < 4.78 is 37.8. The Bertz CT molecular complexity index is 497. The van der Waals surface area contributed by atoms with Crippen molar-refractivity contribution in [2.75, 3.05) is 0 Å². The molecule has 0 aromatic heterocycles. The summed E-state index contributed by atoms with van der Waals surface area (Å²) in [5.41, 5.74) is 1.29. The third-order valence-corrected chi connectivity index (χ3v) is 4.91. The zero-order chi connectivity index (χ0) is 12.7. The van der Waals surface area contributed by atoms with E-state index in [1.165, 1.54) is 24.3 Å². The Hall–Kier alpha value is -0.980. The second-order valence-electron chi connectivity index (χ2n) is 4.45. The van der Waals surface area contributed by atoms with E-state index >= 15 is 0 Å². The Morgan fingerprint density at radius 3 is 2.35 bits per heavy atom. The SMILES string of the molecule is NC1CC(O)(C(F)S(=O)(=O)c2ccccc2)C1. The molecule has 0 radical (unpaired) electrons. The van der Waals surface area contributed by atoms with Gasteiger partial charge in [-0.2, -0.15) is 0 Å². The molecule has 0 spiro atoms. The van der Waals surface area contributed by atoms with Crippen LogP contribution in [-0.2, 0) is 9.84 Å². The van der Waals surface area contributed by atoms with Gasteiger partial charge in [0.25, 0.3) is 0 Å². The molecule has 2 rings (SSSR count). The van der Waals surface area contributed by atoms with E-state index in [9.17, 15) is 17.9 Å². The Balaban J connectivity index is 2.28. The van der Waals surface area contributed by atoms with Crippen LogP contribution in [0.15, 0.2) is 35.2 Å². The average molecular weight is 259 g/mol. The topological polar surface area (TPSA) is 80.4 Å². The summed E-state index contributed by atoms with van der Waals surface area (Å²) in [5, 5.41) is 9.81. The summed E-state index contributed by atoms with van der Waals surface area (Å²) in [6, 6.07) is 6.95. The largest absolute Gasteiger partial charge is 0.386 e. The van der Waals surface area contributed by atoms with Crippen LogP contribution in [0.1, 0.15) is 12.8 Å². The lowest BCUT2D eigenvalue weighted by Gasteiger charge is -2.43. The molecule has 6 heteroatoms. The normalized spacial score (nSPS) is 30.6. The van der Waals surface area contributed by atoms with Crippen molar-refractivity contribution in [2.24, 2.45) is 5.73 Å². The number of aliphatic hydroxyl groups is 1. The van der Waals surface area contributed by atoms with E-state index < -0.39 is 20.9 Å². The summed E-state index contributed by atoms with van der Waals surface area (Å²) >= 11 is 0. The molecule has 0 saturated heterocycles. The second kappa shape index (κ2) is 4.04. The van der Waals surface area contributed by atoms with Crippen LogP contribution in [0.4, 0.5) is 4.39 Å². The number of hydrogen-bond acceptors (Lipinski definition) is 4. The molecule has 1 atom stereocenters. The molecular weight excluding hydrogens is 245 g/mol. The molecule has 1 fully saturated rings. The highest BCUT2D eigenvalue weighted by Gasteiger charge is 2.53. The van der Waals surface area contributed by atoms with Crippen molar-refractivity contribution in [3.63, 3.8) is 0 Å². The van der Waals surface area contributed by atoms with E-state index in [0.717, 1.165) is 0 Å². The first-order valence-electron chi connectivity index (χ1n) is 5.27. The number of nitrogens with two attached hydrogens (primary N) is 1. The van der Waals surface area contributed by atoms with E-state index in [-0.39, 0.29) is 23.8 Å². The highest BCUT2D eigenvalue weighted by Crippen LogP contribution is 2.39. The third-order valence-electron chi connectivity index (χ3n) is 3.00. The smallest absolute Gasteiger partial charge is 0.233 e. The van der Waals surface area contributed by atoms with Gasteiger partial charge < -0.3 is 10.8 Å². The maximum Gasteiger partial charge on any atom is 0.233 e. The van der Waals surface area contributed by atoms with Gasteiger partial charge in [0.05, 0.1) is 4.90 Å². The fourth-order valence-electron chi connectivity index (χ4n) is 2.05. The molecule has 1 aromatic carbocycles. The van der Waals surface area contributed by atoms with Crippen molar-refractivity contribution in [1.29, 1.82) is 0 Å². The lowest BCUT2D eigenvalue weighted by molar-refractivity contribution is -0.0781. The van der Waals surface area contributed by atoms with Gasteiger partial charge in [0.2, 0.25) is 15.3 Å². The van der Waals surface area contributed by atoms with Crippen LogP contribution in [0.2, 0.25) is 0 Å². The minimum absolute atomic E-state index is 0.0275. The molecule has 0 amide bonds. The quantitative estimate of drug-likeness (QED) is 0.833. The molecule has 1 unspecified atom stereocenters. The van der Waals surface area contributed by atoms with Gasteiger partial charge in [-0.25, -0.2) is 12.8 Å². The molecule has 1 aliphatic rings. The zero-order valence-electron chi connectivity index (χ0n) is 9.08. The van der Waals surface area contributed by atoms with Gasteiger partial charge in [-0.3, -0.25) is 0 Å².